The minimum absolute atomic E-state index is 0. The molecule has 0 radical (unpaired) electrons. The fraction of sp³-hybridized carbons (Fsp3) is 1.00. The molecule has 0 saturated heterocycles. The lowest BCUT2D eigenvalue weighted by Gasteiger charge is -2.35. The van der Waals surface area contributed by atoms with Crippen molar-refractivity contribution in [3.8, 4) is 0 Å². The van der Waals surface area contributed by atoms with Crippen LogP contribution in [0.3, 0.4) is 0 Å². The first kappa shape index (κ1) is 23.3. The third kappa shape index (κ3) is 11.2. The van der Waals surface area contributed by atoms with Gasteiger partial charge in [-0.15, -0.1) is 0 Å². The molecular weight excluding hydrogens is 252 g/mol. The normalized spacial score (nSPS) is 19.7. The molecule has 2 aliphatic rings. The van der Waals surface area contributed by atoms with Crippen molar-refractivity contribution in [2.45, 2.75) is 119 Å². The molecule has 0 unspecified atom stereocenters. The van der Waals surface area contributed by atoms with Crippen molar-refractivity contribution in [1.29, 1.82) is 0 Å². The molecule has 0 heteroatoms. The van der Waals surface area contributed by atoms with Gasteiger partial charge in [0.1, 0.15) is 0 Å². The summed E-state index contributed by atoms with van der Waals surface area (Å²) in [6.45, 7) is 11.0. The summed E-state index contributed by atoms with van der Waals surface area (Å²) in [5.74, 6) is 3.22. The molecule has 2 rings (SSSR count). The van der Waals surface area contributed by atoms with Gasteiger partial charge in [0.05, 0.1) is 0 Å². The second-order valence-electron chi connectivity index (χ2n) is 7.07. The summed E-state index contributed by atoms with van der Waals surface area (Å²) in [5.41, 5.74) is 0. The van der Waals surface area contributed by atoms with Crippen LogP contribution in [-0.2, 0) is 0 Å². The molecule has 0 nitrogen and oxygen atoms in total. The highest BCUT2D eigenvalue weighted by molar-refractivity contribution is 4.78. The van der Waals surface area contributed by atoms with Crippen LogP contribution >= 0.6 is 0 Å². The van der Waals surface area contributed by atoms with Gasteiger partial charge in [-0.3, -0.25) is 0 Å². The average molecular weight is 299 g/mol. The second kappa shape index (κ2) is 16.4. The zero-order valence-corrected chi connectivity index (χ0v) is 15.2. The Morgan fingerprint density at radius 3 is 1.10 bits per heavy atom. The molecule has 0 aromatic carbocycles. The van der Waals surface area contributed by atoms with Crippen LogP contribution in [0.5, 0.6) is 0 Å². The van der Waals surface area contributed by atoms with E-state index in [0.717, 1.165) is 17.8 Å². The van der Waals surface area contributed by atoms with Crippen molar-refractivity contribution in [3.63, 3.8) is 0 Å². The Labute approximate surface area is 137 Å². The van der Waals surface area contributed by atoms with Gasteiger partial charge < -0.3 is 0 Å². The first-order valence-corrected chi connectivity index (χ1v) is 9.71. The summed E-state index contributed by atoms with van der Waals surface area (Å²) < 4.78 is 0. The molecule has 130 valence electrons. The molecule has 0 amide bonds. The Morgan fingerprint density at radius 2 is 0.857 bits per heavy atom. The number of hydrogen-bond acceptors (Lipinski definition) is 0. The van der Waals surface area contributed by atoms with E-state index >= 15 is 0 Å². The summed E-state index contributed by atoms with van der Waals surface area (Å²) >= 11 is 0. The minimum atomic E-state index is 0. The van der Waals surface area contributed by atoms with Gasteiger partial charge in [0.2, 0.25) is 0 Å². The minimum Gasteiger partial charge on any atom is -0.0776 e. The highest BCUT2D eigenvalue weighted by Gasteiger charge is 2.27. The maximum absolute atomic E-state index is 2.55. The molecule has 0 bridgehead atoms. The molecule has 0 N–H and O–H groups in total. The van der Waals surface area contributed by atoms with Crippen molar-refractivity contribution < 1.29 is 0 Å². The number of rotatable bonds is 2. The van der Waals surface area contributed by atoms with Crippen LogP contribution < -0.4 is 0 Å². The monoisotopic (exact) mass is 298 g/mol. The lowest BCUT2D eigenvalue weighted by molar-refractivity contribution is 0.159. The largest absolute Gasteiger partial charge is 0.0776 e. The van der Waals surface area contributed by atoms with E-state index in [4.69, 9.17) is 0 Å². The Kier molecular flexibility index (Phi) is 18.1. The Bertz CT molecular complexity index is 152. The third-order valence-corrected chi connectivity index (χ3v) is 4.79. The second-order valence-corrected chi connectivity index (χ2v) is 7.07. The third-order valence-electron chi connectivity index (χ3n) is 4.79. The quantitative estimate of drug-likeness (QED) is 0.481. The van der Waals surface area contributed by atoms with E-state index in [1.807, 2.05) is 0 Å². The summed E-state index contributed by atoms with van der Waals surface area (Å²) in [4.78, 5) is 0. The van der Waals surface area contributed by atoms with Gasteiger partial charge >= 0.3 is 0 Å². The lowest BCUT2D eigenvalue weighted by atomic mass is 9.71. The highest BCUT2D eigenvalue weighted by Crippen LogP contribution is 2.39. The Balaban J connectivity index is 0. The molecule has 0 aliphatic heterocycles. The van der Waals surface area contributed by atoms with E-state index in [1.54, 1.807) is 0 Å². The Morgan fingerprint density at radius 1 is 0.619 bits per heavy atom. The molecule has 2 fully saturated rings. The first-order valence-electron chi connectivity index (χ1n) is 9.71. The molecule has 21 heavy (non-hydrogen) atoms. The average Bonchev–Trinajstić information content (AvgIpc) is 2.50. The molecule has 2 saturated carbocycles. The number of hydrogen-bond donors (Lipinski definition) is 0. The predicted molar refractivity (Wildman–Crippen MR) is 101 cm³/mol. The van der Waals surface area contributed by atoms with Gasteiger partial charge in [0.15, 0.2) is 0 Å². The zero-order chi connectivity index (χ0) is 15.2. The van der Waals surface area contributed by atoms with E-state index in [9.17, 15) is 0 Å². The maximum Gasteiger partial charge on any atom is -0.0386 e. The van der Waals surface area contributed by atoms with Gasteiger partial charge in [-0.05, 0) is 17.8 Å². The van der Waals surface area contributed by atoms with E-state index in [-0.39, 0.29) is 7.43 Å². The van der Waals surface area contributed by atoms with Crippen LogP contribution in [0.1, 0.15) is 119 Å². The van der Waals surface area contributed by atoms with Crippen molar-refractivity contribution >= 4 is 0 Å². The summed E-state index contributed by atoms with van der Waals surface area (Å²) in [6.07, 6.45) is 17.7. The van der Waals surface area contributed by atoms with E-state index in [2.05, 4.69) is 34.6 Å². The van der Waals surface area contributed by atoms with E-state index in [0.29, 0.717) is 0 Å². The molecule has 0 heterocycles. The van der Waals surface area contributed by atoms with Crippen LogP contribution in [0.25, 0.3) is 0 Å². The molecule has 0 aromatic heterocycles. The SMILES string of the molecule is C.CC(C1CCCCC1)C1CCCCC1.CCC.CCC. The maximum atomic E-state index is 2.55. The zero-order valence-electron chi connectivity index (χ0n) is 15.2. The van der Waals surface area contributed by atoms with Crippen molar-refractivity contribution in [2.24, 2.45) is 17.8 Å². The van der Waals surface area contributed by atoms with Crippen molar-refractivity contribution in [1.82, 2.24) is 0 Å². The van der Waals surface area contributed by atoms with Crippen LogP contribution in [0, 0.1) is 17.8 Å². The smallest absolute Gasteiger partial charge is 0.0386 e. The van der Waals surface area contributed by atoms with Crippen molar-refractivity contribution in [2.75, 3.05) is 0 Å². The Hall–Kier alpha value is 0. The summed E-state index contributed by atoms with van der Waals surface area (Å²) in [5, 5.41) is 0. The van der Waals surface area contributed by atoms with Gasteiger partial charge in [-0.1, -0.05) is 119 Å². The molecule has 0 spiro atoms. The van der Waals surface area contributed by atoms with Crippen molar-refractivity contribution in [3.05, 3.63) is 0 Å². The fourth-order valence-electron chi connectivity index (χ4n) is 3.70. The van der Waals surface area contributed by atoms with Crippen LogP contribution in [0.2, 0.25) is 0 Å². The van der Waals surface area contributed by atoms with Gasteiger partial charge in [0.25, 0.3) is 0 Å². The van der Waals surface area contributed by atoms with Crippen LogP contribution in [0.15, 0.2) is 0 Å². The molecular formula is C21H46. The predicted octanol–water partition coefficient (Wildman–Crippen LogP) is 8.25. The molecule has 0 aromatic rings. The van der Waals surface area contributed by atoms with Crippen LogP contribution in [-0.4, -0.2) is 0 Å². The topological polar surface area (TPSA) is 0 Å². The first-order chi connectivity index (χ1) is 9.71. The van der Waals surface area contributed by atoms with Gasteiger partial charge in [-0.2, -0.15) is 0 Å². The van der Waals surface area contributed by atoms with E-state index in [1.165, 1.54) is 77.0 Å². The highest BCUT2D eigenvalue weighted by atomic mass is 14.3. The molecule has 0 atom stereocenters. The fourth-order valence-corrected chi connectivity index (χ4v) is 3.70. The standard InChI is InChI=1S/C14H26.2C3H8.CH4/c1-12(13-8-4-2-5-9-13)14-10-6-3-7-11-14;2*1-3-2;/h12-14H,2-11H2,1H3;2*3H2,1-2H3;1H4. The molecule has 2 aliphatic carbocycles. The van der Waals surface area contributed by atoms with Gasteiger partial charge in [-0.25, -0.2) is 0 Å². The van der Waals surface area contributed by atoms with Crippen LogP contribution in [0.4, 0.5) is 0 Å². The summed E-state index contributed by atoms with van der Waals surface area (Å²) in [6, 6.07) is 0. The van der Waals surface area contributed by atoms with E-state index < -0.39 is 0 Å². The van der Waals surface area contributed by atoms with Gasteiger partial charge in [0, 0.05) is 0 Å². The lowest BCUT2D eigenvalue weighted by Crippen LogP contribution is -2.24. The summed E-state index contributed by atoms with van der Waals surface area (Å²) in [7, 11) is 0.